The average molecular weight is 271 g/mol. The van der Waals surface area contributed by atoms with E-state index in [2.05, 4.69) is 11.6 Å². The molecule has 1 saturated carbocycles. The van der Waals surface area contributed by atoms with Crippen molar-refractivity contribution in [1.82, 2.24) is 0 Å². The molecule has 0 aliphatic heterocycles. The smallest absolute Gasteiger partial charge is 0.0657 e. The Hall–Kier alpha value is -0.540. The average Bonchev–Trinajstić information content (AvgIpc) is 2.77. The van der Waals surface area contributed by atoms with Crippen molar-refractivity contribution in [3.8, 4) is 0 Å². The topological polar surface area (TPSA) is 38.0 Å². The van der Waals surface area contributed by atoms with Gasteiger partial charge in [0.15, 0.2) is 0 Å². The third kappa shape index (κ3) is 3.02. The summed E-state index contributed by atoms with van der Waals surface area (Å²) in [4.78, 5) is 0. The van der Waals surface area contributed by atoms with Gasteiger partial charge in [-0.2, -0.15) is 11.8 Å². The number of hydrogen-bond acceptors (Lipinski definition) is 3. The van der Waals surface area contributed by atoms with Gasteiger partial charge in [-0.25, -0.2) is 0 Å². The van der Waals surface area contributed by atoms with Crippen molar-refractivity contribution in [3.63, 3.8) is 0 Å². The fraction of sp³-hybridized carbons (Fsp3) is 0.538. The van der Waals surface area contributed by atoms with Crippen LogP contribution in [0.5, 0.6) is 0 Å². The van der Waals surface area contributed by atoms with E-state index in [0.29, 0.717) is 15.5 Å². The molecule has 0 radical (unpaired) electrons. The number of thioether (sulfide) groups is 1. The summed E-state index contributed by atoms with van der Waals surface area (Å²) in [7, 11) is 0. The molecule has 2 nitrogen and oxygen atoms in total. The molecule has 94 valence electrons. The van der Waals surface area contributed by atoms with Crippen molar-refractivity contribution in [3.05, 3.63) is 23.2 Å². The van der Waals surface area contributed by atoms with E-state index in [4.69, 9.17) is 17.3 Å². The van der Waals surface area contributed by atoms with Gasteiger partial charge in [-0.1, -0.05) is 24.4 Å². The standard InChI is InChI=1S/C13H19ClN2S/c1-17-13(6-2-3-7-13)9-16-12-5-4-10(15)8-11(12)14/h4-5,8,16H,2-3,6-7,9,15H2,1H3. The normalized spacial score (nSPS) is 18.2. The highest BCUT2D eigenvalue weighted by atomic mass is 35.5. The number of nitrogens with one attached hydrogen (secondary N) is 1. The summed E-state index contributed by atoms with van der Waals surface area (Å²) >= 11 is 8.13. The van der Waals surface area contributed by atoms with Crippen LogP contribution in [0.2, 0.25) is 5.02 Å². The number of anilines is 2. The first-order valence-electron chi connectivity index (χ1n) is 5.99. The Morgan fingerprint density at radius 1 is 1.41 bits per heavy atom. The molecular formula is C13H19ClN2S. The zero-order valence-electron chi connectivity index (χ0n) is 10.1. The highest BCUT2D eigenvalue weighted by molar-refractivity contribution is 8.00. The van der Waals surface area contributed by atoms with E-state index < -0.39 is 0 Å². The molecule has 0 bridgehead atoms. The van der Waals surface area contributed by atoms with Crippen molar-refractivity contribution in [2.45, 2.75) is 30.4 Å². The van der Waals surface area contributed by atoms with Gasteiger partial charge in [0.05, 0.1) is 10.7 Å². The van der Waals surface area contributed by atoms with Crippen LogP contribution >= 0.6 is 23.4 Å². The fourth-order valence-electron chi connectivity index (χ4n) is 2.40. The molecule has 3 N–H and O–H groups in total. The lowest BCUT2D eigenvalue weighted by atomic mass is 10.1. The molecule has 0 saturated heterocycles. The molecule has 0 spiro atoms. The Balaban J connectivity index is 2.01. The fourth-order valence-corrected chi connectivity index (χ4v) is 3.57. The van der Waals surface area contributed by atoms with Crippen molar-refractivity contribution < 1.29 is 0 Å². The number of hydrogen-bond donors (Lipinski definition) is 2. The van der Waals surface area contributed by atoms with Gasteiger partial charge in [0.2, 0.25) is 0 Å². The molecule has 0 aromatic heterocycles. The van der Waals surface area contributed by atoms with Crippen LogP contribution in [0.15, 0.2) is 18.2 Å². The van der Waals surface area contributed by atoms with E-state index in [1.807, 2.05) is 23.9 Å². The molecule has 1 aromatic rings. The summed E-state index contributed by atoms with van der Waals surface area (Å²) in [5.41, 5.74) is 7.38. The monoisotopic (exact) mass is 270 g/mol. The molecule has 1 aliphatic carbocycles. The van der Waals surface area contributed by atoms with Crippen LogP contribution in [-0.2, 0) is 0 Å². The summed E-state index contributed by atoms with van der Waals surface area (Å²) in [6.07, 6.45) is 7.50. The second-order valence-corrected chi connectivity index (χ2v) is 6.37. The predicted molar refractivity (Wildman–Crippen MR) is 79.1 cm³/mol. The number of nitrogen functional groups attached to an aromatic ring is 1. The van der Waals surface area contributed by atoms with Gasteiger partial charge in [-0.05, 0) is 37.3 Å². The Morgan fingerprint density at radius 3 is 2.71 bits per heavy atom. The summed E-state index contributed by atoms with van der Waals surface area (Å²) in [6, 6.07) is 5.64. The number of benzene rings is 1. The van der Waals surface area contributed by atoms with E-state index in [-0.39, 0.29) is 0 Å². The first-order valence-corrected chi connectivity index (χ1v) is 7.59. The third-order valence-corrected chi connectivity index (χ3v) is 5.27. The molecular weight excluding hydrogens is 252 g/mol. The van der Waals surface area contributed by atoms with Gasteiger partial charge < -0.3 is 11.1 Å². The number of halogens is 1. The molecule has 0 unspecified atom stereocenters. The molecule has 4 heteroatoms. The second-order valence-electron chi connectivity index (χ2n) is 4.69. The Labute approximate surface area is 112 Å². The Kier molecular flexibility index (Phi) is 4.10. The molecule has 17 heavy (non-hydrogen) atoms. The van der Waals surface area contributed by atoms with E-state index in [9.17, 15) is 0 Å². The summed E-state index contributed by atoms with van der Waals surface area (Å²) < 4.78 is 0.394. The van der Waals surface area contributed by atoms with E-state index in [0.717, 1.165) is 12.2 Å². The highest BCUT2D eigenvalue weighted by Crippen LogP contribution is 2.40. The zero-order chi connectivity index (χ0) is 12.3. The van der Waals surface area contributed by atoms with Gasteiger partial charge in [-0.15, -0.1) is 0 Å². The highest BCUT2D eigenvalue weighted by Gasteiger charge is 2.32. The van der Waals surface area contributed by atoms with Crippen LogP contribution < -0.4 is 11.1 Å². The van der Waals surface area contributed by atoms with Crippen molar-refractivity contribution in [1.29, 1.82) is 0 Å². The lowest BCUT2D eigenvalue weighted by Gasteiger charge is -2.27. The maximum absolute atomic E-state index is 6.15. The van der Waals surface area contributed by atoms with Crippen molar-refractivity contribution >= 4 is 34.7 Å². The molecule has 1 fully saturated rings. The minimum absolute atomic E-state index is 0.394. The third-order valence-electron chi connectivity index (χ3n) is 3.54. The summed E-state index contributed by atoms with van der Waals surface area (Å²) in [5, 5.41) is 4.17. The SMILES string of the molecule is CSC1(CNc2ccc(N)cc2Cl)CCCC1. The lowest BCUT2D eigenvalue weighted by molar-refractivity contribution is 0.640. The van der Waals surface area contributed by atoms with Crippen LogP contribution in [-0.4, -0.2) is 17.5 Å². The van der Waals surface area contributed by atoms with Crippen molar-refractivity contribution in [2.24, 2.45) is 0 Å². The Bertz CT molecular complexity index is 389. The molecule has 0 amide bonds. The van der Waals surface area contributed by atoms with Gasteiger partial charge in [0.25, 0.3) is 0 Å². The molecule has 0 heterocycles. The number of rotatable bonds is 4. The van der Waals surface area contributed by atoms with Gasteiger partial charge in [-0.3, -0.25) is 0 Å². The van der Waals surface area contributed by atoms with Crippen LogP contribution in [0.25, 0.3) is 0 Å². The lowest BCUT2D eigenvalue weighted by Crippen LogP contribution is -2.30. The quantitative estimate of drug-likeness (QED) is 0.812. The molecule has 0 atom stereocenters. The molecule has 1 aromatic carbocycles. The largest absolute Gasteiger partial charge is 0.399 e. The van der Waals surface area contributed by atoms with Crippen LogP contribution in [0.3, 0.4) is 0 Å². The molecule has 2 rings (SSSR count). The molecule has 1 aliphatic rings. The van der Waals surface area contributed by atoms with Crippen LogP contribution in [0.1, 0.15) is 25.7 Å². The maximum Gasteiger partial charge on any atom is 0.0657 e. The Morgan fingerprint density at radius 2 is 2.12 bits per heavy atom. The van der Waals surface area contributed by atoms with E-state index in [1.54, 1.807) is 6.07 Å². The first-order chi connectivity index (χ1) is 8.15. The maximum atomic E-state index is 6.15. The second kappa shape index (κ2) is 5.40. The van der Waals surface area contributed by atoms with Gasteiger partial charge in [0.1, 0.15) is 0 Å². The van der Waals surface area contributed by atoms with Crippen molar-refractivity contribution in [2.75, 3.05) is 23.9 Å². The van der Waals surface area contributed by atoms with Gasteiger partial charge >= 0.3 is 0 Å². The van der Waals surface area contributed by atoms with E-state index in [1.165, 1.54) is 25.7 Å². The first kappa shape index (κ1) is 12.9. The van der Waals surface area contributed by atoms with E-state index >= 15 is 0 Å². The summed E-state index contributed by atoms with van der Waals surface area (Å²) in [5.74, 6) is 0. The predicted octanol–water partition coefficient (Wildman–Crippen LogP) is 4.01. The number of nitrogens with two attached hydrogens (primary N) is 1. The zero-order valence-corrected chi connectivity index (χ0v) is 11.7. The minimum atomic E-state index is 0.394. The van der Waals surface area contributed by atoms with Crippen LogP contribution in [0.4, 0.5) is 11.4 Å². The summed E-state index contributed by atoms with van der Waals surface area (Å²) in [6.45, 7) is 0.984. The van der Waals surface area contributed by atoms with Crippen LogP contribution in [0, 0.1) is 0 Å². The minimum Gasteiger partial charge on any atom is -0.399 e. The van der Waals surface area contributed by atoms with Gasteiger partial charge in [0, 0.05) is 17.0 Å².